The van der Waals surface area contributed by atoms with Crippen molar-refractivity contribution in [2.75, 3.05) is 15.4 Å². The van der Waals surface area contributed by atoms with Crippen molar-refractivity contribution < 1.29 is 8.42 Å². The average molecular weight is 551 g/mol. The molecule has 156 valence electrons. The van der Waals surface area contributed by atoms with Gasteiger partial charge in [-0.2, -0.15) is 0 Å². The largest absolute Gasteiger partial charge is 0.332 e. The Bertz CT molecular complexity index is 1190. The van der Waals surface area contributed by atoms with Gasteiger partial charge >= 0.3 is 0 Å². The van der Waals surface area contributed by atoms with Crippen molar-refractivity contribution in [1.82, 2.24) is 0 Å². The van der Waals surface area contributed by atoms with E-state index in [1.165, 1.54) is 0 Å². The van der Waals surface area contributed by atoms with Gasteiger partial charge in [0.05, 0.1) is 5.69 Å². The monoisotopic (exact) mass is 551 g/mol. The molecule has 0 atom stereocenters. The van der Waals surface area contributed by atoms with Gasteiger partial charge in [0.2, 0.25) is 0 Å². The second-order valence-electron chi connectivity index (χ2n) is 7.01. The second-order valence-corrected chi connectivity index (χ2v) is 10.3. The number of nitrogens with one attached hydrogen (secondary N) is 3. The van der Waals surface area contributed by atoms with Gasteiger partial charge < -0.3 is 10.6 Å². The summed E-state index contributed by atoms with van der Waals surface area (Å²) in [4.78, 5) is 0.130. The third-order valence-corrected chi connectivity index (χ3v) is 6.75. The Balaban J connectivity index is 1.85. The summed E-state index contributed by atoms with van der Waals surface area (Å²) in [6.07, 6.45) is 0. The average Bonchev–Trinajstić information content (AvgIpc) is 2.67. The first-order chi connectivity index (χ1) is 14.1. The smallest absolute Gasteiger partial charge is 0.263 e. The van der Waals surface area contributed by atoms with Crippen molar-refractivity contribution in [2.24, 2.45) is 0 Å². The van der Waals surface area contributed by atoms with E-state index in [4.69, 9.17) is 12.2 Å². The number of benzene rings is 3. The number of hydrogen-bond acceptors (Lipinski definition) is 3. The third kappa shape index (κ3) is 5.71. The predicted molar refractivity (Wildman–Crippen MR) is 137 cm³/mol. The van der Waals surface area contributed by atoms with E-state index in [-0.39, 0.29) is 4.90 Å². The molecule has 0 unspecified atom stereocenters. The Hall–Kier alpha value is -2.17. The number of sulfonamides is 1. The van der Waals surface area contributed by atoms with Crippen LogP contribution in [0.4, 0.5) is 17.1 Å². The molecule has 0 bridgehead atoms. The van der Waals surface area contributed by atoms with Gasteiger partial charge in [0, 0.05) is 14.9 Å². The SMILES string of the molecule is Cc1ccc(NC(=S)Nc2ccc(C)cc2S(=O)(=O)Nc2ccc(I)cc2)c(C)c1. The van der Waals surface area contributed by atoms with Crippen LogP contribution in [0.5, 0.6) is 0 Å². The molecule has 3 rings (SSSR count). The highest BCUT2D eigenvalue weighted by Crippen LogP contribution is 2.26. The molecule has 0 aliphatic carbocycles. The van der Waals surface area contributed by atoms with Crippen LogP contribution in [0.15, 0.2) is 65.6 Å². The predicted octanol–water partition coefficient (Wildman–Crippen LogP) is 5.83. The summed E-state index contributed by atoms with van der Waals surface area (Å²) >= 11 is 7.60. The summed E-state index contributed by atoms with van der Waals surface area (Å²) in [6.45, 7) is 5.86. The number of anilines is 3. The van der Waals surface area contributed by atoms with E-state index in [0.29, 0.717) is 16.5 Å². The first-order valence-electron chi connectivity index (χ1n) is 9.18. The van der Waals surface area contributed by atoms with Crippen LogP contribution in [0.25, 0.3) is 0 Å². The number of rotatable bonds is 5. The first-order valence-corrected chi connectivity index (χ1v) is 12.2. The van der Waals surface area contributed by atoms with Crippen molar-refractivity contribution in [3.05, 3.63) is 80.9 Å². The topological polar surface area (TPSA) is 70.2 Å². The van der Waals surface area contributed by atoms with Crippen molar-refractivity contribution >= 4 is 67.0 Å². The molecule has 0 saturated carbocycles. The van der Waals surface area contributed by atoms with Crippen molar-refractivity contribution in [2.45, 2.75) is 25.7 Å². The molecule has 0 radical (unpaired) electrons. The molecule has 0 heterocycles. The number of halogens is 1. The van der Waals surface area contributed by atoms with E-state index in [1.54, 1.807) is 24.3 Å². The molecule has 8 heteroatoms. The summed E-state index contributed by atoms with van der Waals surface area (Å²) in [5.41, 5.74) is 4.81. The molecule has 3 aromatic carbocycles. The first kappa shape index (κ1) is 22.5. The van der Waals surface area contributed by atoms with Gasteiger partial charge in [0.25, 0.3) is 10.0 Å². The number of thiocarbonyl (C=S) groups is 1. The maximum atomic E-state index is 13.1. The molecule has 3 N–H and O–H groups in total. The minimum Gasteiger partial charge on any atom is -0.332 e. The normalized spacial score (nSPS) is 11.1. The van der Waals surface area contributed by atoms with Gasteiger partial charge in [-0.1, -0.05) is 23.8 Å². The molecule has 0 aliphatic heterocycles. The van der Waals surface area contributed by atoms with E-state index in [9.17, 15) is 8.42 Å². The Morgan fingerprint density at radius 1 is 0.833 bits per heavy atom. The van der Waals surface area contributed by atoms with Gasteiger partial charge in [0.1, 0.15) is 4.90 Å². The van der Waals surface area contributed by atoms with Crippen LogP contribution < -0.4 is 15.4 Å². The van der Waals surface area contributed by atoms with Crippen molar-refractivity contribution in [3.63, 3.8) is 0 Å². The molecule has 0 aromatic heterocycles. The van der Waals surface area contributed by atoms with E-state index >= 15 is 0 Å². The van der Waals surface area contributed by atoms with Crippen LogP contribution in [-0.4, -0.2) is 13.5 Å². The molecule has 5 nitrogen and oxygen atoms in total. The molecule has 0 aliphatic rings. The summed E-state index contributed by atoms with van der Waals surface area (Å²) in [7, 11) is -3.81. The van der Waals surface area contributed by atoms with E-state index in [2.05, 4.69) is 44.0 Å². The maximum Gasteiger partial charge on any atom is 0.263 e. The van der Waals surface area contributed by atoms with Crippen LogP contribution in [0.1, 0.15) is 16.7 Å². The van der Waals surface area contributed by atoms with Crippen LogP contribution >= 0.6 is 34.8 Å². The zero-order chi connectivity index (χ0) is 21.9. The van der Waals surface area contributed by atoms with E-state index in [1.807, 2.05) is 51.1 Å². The lowest BCUT2D eigenvalue weighted by atomic mass is 10.1. The lowest BCUT2D eigenvalue weighted by Crippen LogP contribution is -2.22. The second kappa shape index (κ2) is 9.32. The summed E-state index contributed by atoms with van der Waals surface area (Å²) in [5.74, 6) is 0. The lowest BCUT2D eigenvalue weighted by molar-refractivity contribution is 0.601. The van der Waals surface area contributed by atoms with E-state index in [0.717, 1.165) is 25.9 Å². The minimum absolute atomic E-state index is 0.130. The highest BCUT2D eigenvalue weighted by atomic mass is 127. The van der Waals surface area contributed by atoms with Gasteiger partial charge in [0.15, 0.2) is 5.11 Å². The number of hydrogen-bond donors (Lipinski definition) is 3. The maximum absolute atomic E-state index is 13.1. The Morgan fingerprint density at radius 2 is 1.40 bits per heavy atom. The Labute approximate surface area is 196 Å². The summed E-state index contributed by atoms with van der Waals surface area (Å²) < 4.78 is 29.8. The molecule has 30 heavy (non-hydrogen) atoms. The lowest BCUT2D eigenvalue weighted by Gasteiger charge is -2.17. The van der Waals surface area contributed by atoms with Crippen molar-refractivity contribution in [1.29, 1.82) is 0 Å². The molecule has 0 saturated heterocycles. The zero-order valence-corrected chi connectivity index (χ0v) is 20.6. The van der Waals surface area contributed by atoms with Crippen molar-refractivity contribution in [3.8, 4) is 0 Å². The van der Waals surface area contributed by atoms with Gasteiger partial charge in [-0.15, -0.1) is 0 Å². The zero-order valence-electron chi connectivity index (χ0n) is 16.8. The van der Waals surface area contributed by atoms with Gasteiger partial charge in [-0.25, -0.2) is 8.42 Å². The van der Waals surface area contributed by atoms with Crippen LogP contribution in [-0.2, 0) is 10.0 Å². The highest BCUT2D eigenvalue weighted by molar-refractivity contribution is 14.1. The Morgan fingerprint density at radius 3 is 2.03 bits per heavy atom. The fraction of sp³-hybridized carbons (Fsp3) is 0.136. The van der Waals surface area contributed by atoms with Gasteiger partial charge in [-0.3, -0.25) is 4.72 Å². The molecule has 0 spiro atoms. The van der Waals surface area contributed by atoms with Crippen LogP contribution in [0, 0.1) is 24.3 Å². The Kier molecular flexibility index (Phi) is 6.99. The molecule has 3 aromatic rings. The quantitative estimate of drug-likeness (QED) is 0.275. The highest BCUT2D eigenvalue weighted by Gasteiger charge is 2.20. The minimum atomic E-state index is -3.81. The molecule has 0 amide bonds. The fourth-order valence-corrected chi connectivity index (χ4v) is 4.80. The van der Waals surface area contributed by atoms with E-state index < -0.39 is 10.0 Å². The summed E-state index contributed by atoms with van der Waals surface area (Å²) in [5, 5.41) is 6.48. The number of aryl methyl sites for hydroxylation is 3. The molecular formula is C22H22IN3O2S2. The molecule has 0 fully saturated rings. The standard InChI is InChI=1S/C22H22IN3O2S2/c1-14-4-10-19(16(3)12-14)24-22(29)25-20-11-5-15(2)13-21(20)30(27,28)26-18-8-6-17(23)7-9-18/h4-13,26H,1-3H3,(H2,24,25,29). The van der Waals surface area contributed by atoms with Crippen LogP contribution in [0.3, 0.4) is 0 Å². The van der Waals surface area contributed by atoms with Gasteiger partial charge in [-0.05, 0) is 109 Å². The summed E-state index contributed by atoms with van der Waals surface area (Å²) in [6, 6.07) is 18.3. The molecular weight excluding hydrogens is 529 g/mol. The van der Waals surface area contributed by atoms with Crippen LogP contribution in [0.2, 0.25) is 0 Å². The fourth-order valence-electron chi connectivity index (χ4n) is 2.91. The third-order valence-electron chi connectivity index (χ3n) is 4.40.